The van der Waals surface area contributed by atoms with Crippen molar-refractivity contribution < 1.29 is 14.3 Å². The van der Waals surface area contributed by atoms with Gasteiger partial charge >= 0.3 is 0 Å². The highest BCUT2D eigenvalue weighted by atomic mass is 35.5. The Hall–Kier alpha value is -0.810. The highest BCUT2D eigenvalue weighted by Crippen LogP contribution is 1.79. The van der Waals surface area contributed by atoms with Crippen molar-refractivity contribution in [1.29, 1.82) is 0 Å². The molecule has 0 fully saturated rings. The molecule has 0 unspecified atom stereocenters. The van der Waals surface area contributed by atoms with Gasteiger partial charge in [0, 0.05) is 26.6 Å². The summed E-state index contributed by atoms with van der Waals surface area (Å²) in [5.41, 5.74) is 0. The summed E-state index contributed by atoms with van der Waals surface area (Å²) in [7, 11) is 1.56. The van der Waals surface area contributed by atoms with Crippen LogP contribution in [0, 0.1) is 0 Å². The molecule has 0 radical (unpaired) electrons. The Labute approximate surface area is 88.1 Å². The zero-order valence-electron chi connectivity index (χ0n) is 8.14. The maximum Gasteiger partial charge on any atom is 0.234 e. The standard InChI is InChI=1S/C8H15ClN2O3/c1-14-5-4-11-7(12)2-3-10-8(13)6-9/h2-6H2,1H3,(H,10,13)(H,11,12). The molecule has 6 heteroatoms. The molecule has 0 aromatic heterocycles. The Morgan fingerprint density at radius 3 is 2.43 bits per heavy atom. The second-order valence-corrected chi connectivity index (χ2v) is 2.84. The quantitative estimate of drug-likeness (QED) is 0.451. The van der Waals surface area contributed by atoms with Crippen molar-refractivity contribution in [3.05, 3.63) is 0 Å². The molecule has 0 rings (SSSR count). The van der Waals surface area contributed by atoms with Crippen molar-refractivity contribution in [1.82, 2.24) is 10.6 Å². The molecule has 5 nitrogen and oxygen atoms in total. The molecule has 2 N–H and O–H groups in total. The zero-order valence-corrected chi connectivity index (χ0v) is 8.89. The van der Waals surface area contributed by atoms with Gasteiger partial charge < -0.3 is 15.4 Å². The van der Waals surface area contributed by atoms with Crippen LogP contribution < -0.4 is 10.6 Å². The monoisotopic (exact) mass is 222 g/mol. The van der Waals surface area contributed by atoms with Gasteiger partial charge in [-0.25, -0.2) is 0 Å². The van der Waals surface area contributed by atoms with Gasteiger partial charge in [-0.2, -0.15) is 0 Å². The third-order valence-corrected chi connectivity index (χ3v) is 1.67. The molecule has 14 heavy (non-hydrogen) atoms. The summed E-state index contributed by atoms with van der Waals surface area (Å²) in [6.45, 7) is 1.28. The SMILES string of the molecule is COCCNC(=O)CCNC(=O)CCl. The van der Waals surface area contributed by atoms with E-state index < -0.39 is 0 Å². The minimum Gasteiger partial charge on any atom is -0.383 e. The molecular weight excluding hydrogens is 208 g/mol. The van der Waals surface area contributed by atoms with Crippen LogP contribution in [0.2, 0.25) is 0 Å². The Morgan fingerprint density at radius 2 is 1.86 bits per heavy atom. The lowest BCUT2D eigenvalue weighted by Crippen LogP contribution is -2.32. The summed E-state index contributed by atoms with van der Waals surface area (Å²) in [6, 6.07) is 0. The number of amides is 2. The molecule has 2 amide bonds. The van der Waals surface area contributed by atoms with Crippen molar-refractivity contribution in [3.8, 4) is 0 Å². The smallest absolute Gasteiger partial charge is 0.234 e. The van der Waals surface area contributed by atoms with Gasteiger partial charge in [-0.3, -0.25) is 9.59 Å². The van der Waals surface area contributed by atoms with Crippen LogP contribution in [0.15, 0.2) is 0 Å². The van der Waals surface area contributed by atoms with Gasteiger partial charge in [-0.15, -0.1) is 11.6 Å². The predicted octanol–water partition coefficient (Wildman–Crippen LogP) is -0.506. The molecule has 0 spiro atoms. The molecule has 0 aromatic carbocycles. The number of carbonyl (C=O) groups excluding carboxylic acids is 2. The number of halogens is 1. The van der Waals surface area contributed by atoms with Crippen molar-refractivity contribution in [2.24, 2.45) is 0 Å². The average Bonchev–Trinajstić information content (AvgIpc) is 2.18. The molecule has 0 bridgehead atoms. The maximum absolute atomic E-state index is 11.0. The molecule has 0 aliphatic heterocycles. The number of methoxy groups -OCH3 is 1. The molecule has 82 valence electrons. The Balaban J connectivity index is 3.31. The molecule has 0 aliphatic carbocycles. The summed E-state index contributed by atoms with van der Waals surface area (Å²) >= 11 is 5.24. The van der Waals surface area contributed by atoms with E-state index in [2.05, 4.69) is 10.6 Å². The first-order valence-electron chi connectivity index (χ1n) is 4.29. The number of nitrogens with one attached hydrogen (secondary N) is 2. The second-order valence-electron chi connectivity index (χ2n) is 2.58. The number of rotatable bonds is 7. The van der Waals surface area contributed by atoms with E-state index in [0.29, 0.717) is 19.7 Å². The number of hydrogen-bond donors (Lipinski definition) is 2. The van der Waals surface area contributed by atoms with Gasteiger partial charge in [0.1, 0.15) is 5.88 Å². The van der Waals surface area contributed by atoms with Crippen molar-refractivity contribution in [3.63, 3.8) is 0 Å². The van der Waals surface area contributed by atoms with Crippen LogP contribution in [-0.4, -0.2) is 44.5 Å². The van der Waals surface area contributed by atoms with E-state index in [1.165, 1.54) is 0 Å². The summed E-state index contributed by atoms with van der Waals surface area (Å²) in [4.78, 5) is 21.7. The van der Waals surface area contributed by atoms with Crippen molar-refractivity contribution in [2.75, 3.05) is 32.7 Å². The Morgan fingerprint density at radius 1 is 1.21 bits per heavy atom. The highest BCUT2D eigenvalue weighted by molar-refractivity contribution is 6.27. The van der Waals surface area contributed by atoms with Crippen LogP contribution in [-0.2, 0) is 14.3 Å². The Kier molecular flexibility index (Phi) is 8.27. The molecule has 0 saturated heterocycles. The van der Waals surface area contributed by atoms with E-state index in [-0.39, 0.29) is 24.1 Å². The minimum absolute atomic E-state index is 0.0781. The first-order valence-corrected chi connectivity index (χ1v) is 4.82. The first-order chi connectivity index (χ1) is 6.70. The van der Waals surface area contributed by atoms with Crippen molar-refractivity contribution in [2.45, 2.75) is 6.42 Å². The number of alkyl halides is 1. The number of hydrogen-bond acceptors (Lipinski definition) is 3. The third-order valence-electron chi connectivity index (χ3n) is 1.42. The predicted molar refractivity (Wildman–Crippen MR) is 53.2 cm³/mol. The fourth-order valence-electron chi connectivity index (χ4n) is 0.744. The van der Waals surface area contributed by atoms with E-state index >= 15 is 0 Å². The molecule has 0 heterocycles. The number of carbonyl (C=O) groups is 2. The molecule has 0 aliphatic rings. The topological polar surface area (TPSA) is 67.4 Å². The molecule has 0 saturated carbocycles. The normalized spacial score (nSPS) is 9.57. The first kappa shape index (κ1) is 13.2. The largest absolute Gasteiger partial charge is 0.383 e. The van der Waals surface area contributed by atoms with E-state index in [9.17, 15) is 9.59 Å². The summed E-state index contributed by atoms with van der Waals surface area (Å²) in [5, 5.41) is 5.12. The van der Waals surface area contributed by atoms with Gasteiger partial charge in [0.05, 0.1) is 6.61 Å². The molecule has 0 aromatic rings. The van der Waals surface area contributed by atoms with Gasteiger partial charge in [-0.05, 0) is 0 Å². The highest BCUT2D eigenvalue weighted by Gasteiger charge is 2.01. The van der Waals surface area contributed by atoms with Crippen LogP contribution >= 0.6 is 11.6 Å². The maximum atomic E-state index is 11.0. The fourth-order valence-corrected chi connectivity index (χ4v) is 0.838. The van der Waals surface area contributed by atoms with E-state index in [1.54, 1.807) is 7.11 Å². The van der Waals surface area contributed by atoms with E-state index in [4.69, 9.17) is 16.3 Å². The van der Waals surface area contributed by atoms with Crippen LogP contribution in [0.25, 0.3) is 0 Å². The summed E-state index contributed by atoms with van der Waals surface area (Å²) in [6.07, 6.45) is 0.256. The Bertz CT molecular complexity index is 187. The third kappa shape index (κ3) is 7.82. The molecular formula is C8H15ClN2O3. The lowest BCUT2D eigenvalue weighted by Gasteiger charge is -2.04. The van der Waals surface area contributed by atoms with Gasteiger partial charge in [0.25, 0.3) is 0 Å². The fraction of sp³-hybridized carbons (Fsp3) is 0.750. The van der Waals surface area contributed by atoms with E-state index in [1.807, 2.05) is 0 Å². The second kappa shape index (κ2) is 8.77. The van der Waals surface area contributed by atoms with Gasteiger partial charge in [0.15, 0.2) is 0 Å². The average molecular weight is 223 g/mol. The van der Waals surface area contributed by atoms with Crippen LogP contribution in [0.3, 0.4) is 0 Å². The number of ether oxygens (including phenoxy) is 1. The summed E-state index contributed by atoms with van der Waals surface area (Å²) in [5.74, 6) is -0.459. The van der Waals surface area contributed by atoms with Crippen LogP contribution in [0.4, 0.5) is 0 Å². The lowest BCUT2D eigenvalue weighted by atomic mass is 10.4. The van der Waals surface area contributed by atoms with Gasteiger partial charge in [0.2, 0.25) is 11.8 Å². The lowest BCUT2D eigenvalue weighted by molar-refractivity contribution is -0.121. The van der Waals surface area contributed by atoms with Crippen LogP contribution in [0.5, 0.6) is 0 Å². The zero-order chi connectivity index (χ0) is 10.8. The van der Waals surface area contributed by atoms with Crippen molar-refractivity contribution >= 4 is 23.4 Å². The van der Waals surface area contributed by atoms with Crippen LogP contribution in [0.1, 0.15) is 6.42 Å². The van der Waals surface area contributed by atoms with Gasteiger partial charge in [-0.1, -0.05) is 0 Å². The van der Waals surface area contributed by atoms with E-state index in [0.717, 1.165) is 0 Å². The summed E-state index contributed by atoms with van der Waals surface area (Å²) < 4.78 is 4.75. The minimum atomic E-state index is -0.267. The molecule has 0 atom stereocenters.